The number of fused-ring (bicyclic) bond motifs is 3. The zero-order chi connectivity index (χ0) is 22.8. The number of aryl methyl sites for hydroxylation is 1. The summed E-state index contributed by atoms with van der Waals surface area (Å²) in [6.45, 7) is 3.91. The van der Waals surface area contributed by atoms with E-state index in [1.165, 1.54) is 22.4 Å². The van der Waals surface area contributed by atoms with Gasteiger partial charge in [0, 0.05) is 35.3 Å². The van der Waals surface area contributed by atoms with Crippen LogP contribution in [0.15, 0.2) is 52.4 Å². The van der Waals surface area contributed by atoms with Crippen LogP contribution in [0.2, 0.25) is 5.02 Å². The van der Waals surface area contributed by atoms with E-state index in [0.717, 1.165) is 0 Å². The maximum Gasteiger partial charge on any atom is 0.262 e. The van der Waals surface area contributed by atoms with Crippen molar-refractivity contribution in [3.05, 3.63) is 69.2 Å². The molecular weight excluding hydrogens is 453 g/mol. The van der Waals surface area contributed by atoms with Crippen LogP contribution >= 0.6 is 23.4 Å². The van der Waals surface area contributed by atoms with Gasteiger partial charge in [0.05, 0.1) is 10.9 Å². The normalized spacial score (nSPS) is 11.5. The third-order valence-corrected chi connectivity index (χ3v) is 6.21. The fraction of sp³-hybridized carbons (Fsp3) is 0.273. The largest absolute Gasteiger partial charge is 0.354 e. The van der Waals surface area contributed by atoms with Gasteiger partial charge in [-0.25, -0.2) is 4.39 Å². The second-order valence-corrected chi connectivity index (χ2v) is 8.90. The molecule has 0 fully saturated rings. The molecule has 0 radical (unpaired) electrons. The molecule has 166 valence electrons. The van der Waals surface area contributed by atoms with Gasteiger partial charge in [0.15, 0.2) is 5.16 Å². The molecule has 0 saturated carbocycles. The number of nitrogens with zero attached hydrogens (tertiary/aromatic N) is 4. The summed E-state index contributed by atoms with van der Waals surface area (Å²) in [6, 6.07) is 11.7. The van der Waals surface area contributed by atoms with Crippen molar-refractivity contribution in [3.8, 4) is 0 Å². The van der Waals surface area contributed by atoms with Crippen molar-refractivity contribution < 1.29 is 9.18 Å². The lowest BCUT2D eigenvalue weighted by Crippen LogP contribution is -2.32. The number of nitrogens with one attached hydrogen (secondary N) is 1. The van der Waals surface area contributed by atoms with Crippen LogP contribution in [0.25, 0.3) is 16.7 Å². The Morgan fingerprint density at radius 2 is 1.97 bits per heavy atom. The molecule has 1 N–H and O–H groups in total. The van der Waals surface area contributed by atoms with E-state index in [2.05, 4.69) is 15.5 Å². The first-order valence-corrected chi connectivity index (χ1v) is 11.4. The van der Waals surface area contributed by atoms with Crippen molar-refractivity contribution in [2.24, 2.45) is 0 Å². The van der Waals surface area contributed by atoms with Crippen molar-refractivity contribution >= 4 is 46.0 Å². The minimum Gasteiger partial charge on any atom is -0.354 e. The topological polar surface area (TPSA) is 81.3 Å². The number of thioether (sulfide) groups is 1. The Morgan fingerprint density at radius 3 is 2.72 bits per heavy atom. The van der Waals surface area contributed by atoms with Crippen molar-refractivity contribution in [1.82, 2.24) is 24.5 Å². The van der Waals surface area contributed by atoms with E-state index in [-0.39, 0.29) is 36.2 Å². The maximum absolute atomic E-state index is 14.2. The smallest absolute Gasteiger partial charge is 0.262 e. The summed E-state index contributed by atoms with van der Waals surface area (Å²) in [5.41, 5.74) is 0.771. The Hall–Kier alpha value is -2.91. The van der Waals surface area contributed by atoms with Gasteiger partial charge < -0.3 is 5.32 Å². The van der Waals surface area contributed by atoms with Crippen LogP contribution in [0.4, 0.5) is 4.39 Å². The average Bonchev–Trinajstić information content (AvgIpc) is 3.17. The van der Waals surface area contributed by atoms with Crippen LogP contribution in [-0.4, -0.2) is 31.1 Å². The first-order chi connectivity index (χ1) is 15.4. The molecule has 1 amide bonds. The summed E-state index contributed by atoms with van der Waals surface area (Å²) >= 11 is 7.43. The summed E-state index contributed by atoms with van der Waals surface area (Å²) in [5.74, 6) is 0.0303. The Balaban J connectivity index is 1.75. The van der Waals surface area contributed by atoms with Gasteiger partial charge in [-0.1, -0.05) is 41.6 Å². The predicted molar refractivity (Wildman–Crippen MR) is 124 cm³/mol. The lowest BCUT2D eigenvalue weighted by atomic mass is 10.2. The Kier molecular flexibility index (Phi) is 6.48. The number of hydrogen-bond acceptors (Lipinski definition) is 5. The molecule has 4 aromatic rings. The standard InChI is InChI=1S/C22H21ClFN5O2S/c1-13(2)25-19(30)10-11-28-20(31)14-6-3-4-9-18(14)29-21(28)26-27-22(29)32-12-15-16(23)7-5-8-17(15)24/h3-9,13H,10-12H2,1-2H3,(H,25,30). The van der Waals surface area contributed by atoms with Gasteiger partial charge in [-0.05, 0) is 38.1 Å². The lowest BCUT2D eigenvalue weighted by molar-refractivity contribution is -0.121. The molecular formula is C22H21ClFN5O2S. The molecule has 7 nitrogen and oxygen atoms in total. The van der Waals surface area contributed by atoms with Crippen molar-refractivity contribution in [2.75, 3.05) is 0 Å². The van der Waals surface area contributed by atoms with Gasteiger partial charge in [0.25, 0.3) is 5.56 Å². The first kappa shape index (κ1) is 22.3. The van der Waals surface area contributed by atoms with E-state index in [9.17, 15) is 14.0 Å². The van der Waals surface area contributed by atoms with Crippen LogP contribution < -0.4 is 10.9 Å². The van der Waals surface area contributed by atoms with Crippen LogP contribution in [0.1, 0.15) is 25.8 Å². The molecule has 0 atom stereocenters. The maximum atomic E-state index is 14.2. The third-order valence-electron chi connectivity index (χ3n) is 4.90. The molecule has 0 saturated heterocycles. The van der Waals surface area contributed by atoms with Crippen molar-refractivity contribution in [3.63, 3.8) is 0 Å². The lowest BCUT2D eigenvalue weighted by Gasteiger charge is -2.12. The second kappa shape index (κ2) is 9.30. The van der Waals surface area contributed by atoms with Gasteiger partial charge in [-0.3, -0.25) is 18.6 Å². The van der Waals surface area contributed by atoms with Gasteiger partial charge in [-0.15, -0.1) is 10.2 Å². The van der Waals surface area contributed by atoms with E-state index in [0.29, 0.717) is 32.4 Å². The van der Waals surface area contributed by atoms with Gasteiger partial charge >= 0.3 is 0 Å². The highest BCUT2D eigenvalue weighted by Gasteiger charge is 2.18. The molecule has 10 heteroatoms. The molecule has 2 aromatic carbocycles. The van der Waals surface area contributed by atoms with E-state index in [4.69, 9.17) is 11.6 Å². The Labute approximate surface area is 192 Å². The van der Waals surface area contributed by atoms with Crippen molar-refractivity contribution in [1.29, 1.82) is 0 Å². The number of benzene rings is 2. The first-order valence-electron chi connectivity index (χ1n) is 10.1. The summed E-state index contributed by atoms with van der Waals surface area (Å²) in [7, 11) is 0. The molecule has 0 bridgehead atoms. The third kappa shape index (κ3) is 4.35. The molecule has 0 spiro atoms. The zero-order valence-corrected chi connectivity index (χ0v) is 19.1. The number of rotatable bonds is 7. The summed E-state index contributed by atoms with van der Waals surface area (Å²) in [5, 5.41) is 12.6. The quantitative estimate of drug-likeness (QED) is 0.410. The predicted octanol–water partition coefficient (Wildman–Crippen LogP) is 4.04. The summed E-state index contributed by atoms with van der Waals surface area (Å²) in [4.78, 5) is 25.3. The van der Waals surface area contributed by atoms with E-state index < -0.39 is 5.82 Å². The number of amides is 1. The van der Waals surface area contributed by atoms with E-state index in [1.807, 2.05) is 26.0 Å². The monoisotopic (exact) mass is 473 g/mol. The molecule has 0 aliphatic carbocycles. The molecule has 32 heavy (non-hydrogen) atoms. The minimum absolute atomic E-state index is 0.0112. The molecule has 0 aliphatic rings. The SMILES string of the molecule is CC(C)NC(=O)CCn1c(=O)c2ccccc2n2c(SCc3c(F)cccc3Cl)nnc12. The highest BCUT2D eigenvalue weighted by atomic mass is 35.5. The second-order valence-electron chi connectivity index (χ2n) is 7.55. The number of carbonyl (C=O) groups excluding carboxylic acids is 1. The molecule has 4 rings (SSSR count). The van der Waals surface area contributed by atoms with Crippen molar-refractivity contribution in [2.45, 2.75) is 43.8 Å². The fourth-order valence-electron chi connectivity index (χ4n) is 3.44. The zero-order valence-electron chi connectivity index (χ0n) is 17.5. The van der Waals surface area contributed by atoms with Crippen LogP contribution in [0, 0.1) is 5.82 Å². The van der Waals surface area contributed by atoms with Crippen LogP contribution in [0.5, 0.6) is 0 Å². The summed E-state index contributed by atoms with van der Waals surface area (Å²) in [6.07, 6.45) is 0.131. The number of halogens is 2. The number of carbonyl (C=O) groups is 1. The highest BCUT2D eigenvalue weighted by molar-refractivity contribution is 7.98. The van der Waals surface area contributed by atoms with E-state index in [1.54, 1.807) is 28.7 Å². The Morgan fingerprint density at radius 1 is 1.19 bits per heavy atom. The highest BCUT2D eigenvalue weighted by Crippen LogP contribution is 2.29. The summed E-state index contributed by atoms with van der Waals surface area (Å²) < 4.78 is 17.4. The molecule has 2 heterocycles. The van der Waals surface area contributed by atoms with Gasteiger partial charge in [0.1, 0.15) is 5.82 Å². The Bertz CT molecular complexity index is 1350. The molecule has 0 unspecified atom stereocenters. The number of para-hydroxylation sites is 1. The molecule has 0 aliphatic heterocycles. The van der Waals surface area contributed by atoms with Crippen LogP contribution in [-0.2, 0) is 17.1 Å². The van der Waals surface area contributed by atoms with Crippen LogP contribution in [0.3, 0.4) is 0 Å². The number of hydrogen-bond donors (Lipinski definition) is 1. The van der Waals surface area contributed by atoms with Gasteiger partial charge in [-0.2, -0.15) is 0 Å². The number of aromatic nitrogens is 4. The minimum atomic E-state index is -0.392. The van der Waals surface area contributed by atoms with E-state index >= 15 is 0 Å². The molecule has 2 aromatic heterocycles. The van der Waals surface area contributed by atoms with Gasteiger partial charge in [0.2, 0.25) is 11.7 Å². The average molecular weight is 474 g/mol. The fourth-order valence-corrected chi connectivity index (χ4v) is 4.73.